The van der Waals surface area contributed by atoms with Gasteiger partial charge in [0.2, 0.25) is 11.7 Å². The van der Waals surface area contributed by atoms with Gasteiger partial charge in [-0.1, -0.05) is 13.8 Å². The molecular weight excluding hydrogens is 318 g/mol. The monoisotopic (exact) mass is 335 g/mol. The Hall–Kier alpha value is -3.14. The molecule has 25 heavy (non-hydrogen) atoms. The molecule has 1 aliphatic carbocycles. The Morgan fingerprint density at radius 3 is 2.96 bits per heavy atom. The van der Waals surface area contributed by atoms with E-state index in [-0.39, 0.29) is 22.7 Å². The second-order valence-corrected chi connectivity index (χ2v) is 7.20. The van der Waals surface area contributed by atoms with Crippen LogP contribution in [-0.2, 0) is 9.53 Å². The van der Waals surface area contributed by atoms with E-state index in [2.05, 4.69) is 16.0 Å². The lowest BCUT2D eigenvalue weighted by Crippen LogP contribution is -2.33. The number of carbonyl (C=O) groups excluding carboxylic acids is 1. The van der Waals surface area contributed by atoms with E-state index < -0.39 is 5.92 Å². The van der Waals surface area contributed by atoms with Gasteiger partial charge >= 0.3 is 0 Å². The highest BCUT2D eigenvalue weighted by Crippen LogP contribution is 2.47. The number of ether oxygens (including phenoxy) is 1. The van der Waals surface area contributed by atoms with Crippen LogP contribution in [0, 0.1) is 16.7 Å². The average Bonchev–Trinajstić information content (AvgIpc) is 2.96. The first-order chi connectivity index (χ1) is 11.9. The van der Waals surface area contributed by atoms with E-state index in [0.29, 0.717) is 35.6 Å². The number of allylic oxidation sites excluding steroid dienone is 3. The second-order valence-electron chi connectivity index (χ2n) is 7.20. The molecule has 0 bridgehead atoms. The Labute approximate surface area is 144 Å². The third-order valence-corrected chi connectivity index (χ3v) is 4.63. The maximum atomic E-state index is 12.9. The molecule has 126 valence electrons. The first-order valence-electron chi connectivity index (χ1n) is 8.03. The first kappa shape index (κ1) is 15.4. The lowest BCUT2D eigenvalue weighted by atomic mass is 9.71. The zero-order valence-corrected chi connectivity index (χ0v) is 14.0. The van der Waals surface area contributed by atoms with Gasteiger partial charge in [0.1, 0.15) is 17.4 Å². The number of carbonyl (C=O) groups is 1. The molecule has 7 nitrogen and oxygen atoms in total. The number of hydrogen-bond donors (Lipinski definition) is 1. The topological polar surface area (TPSA) is 106 Å². The lowest BCUT2D eigenvalue weighted by molar-refractivity contribution is -0.119. The van der Waals surface area contributed by atoms with E-state index in [4.69, 9.17) is 10.5 Å². The van der Waals surface area contributed by atoms with Crippen LogP contribution >= 0.6 is 0 Å². The summed E-state index contributed by atoms with van der Waals surface area (Å²) in [5, 5.41) is 9.60. The lowest BCUT2D eigenvalue weighted by Gasteiger charge is -2.36. The van der Waals surface area contributed by atoms with Gasteiger partial charge in [0.15, 0.2) is 5.78 Å². The fourth-order valence-electron chi connectivity index (χ4n) is 3.57. The standard InChI is InChI=1S/C18H17N5O2/c1-18(2)6-12(24)15-13(7-18)25-16(20)10(8-19)14(15)11-9-23-5-3-4-21-17(23)22-11/h3-5,9,14H,6-7,20H2,1-2H3. The normalized spacial score (nSPS) is 22.6. The van der Waals surface area contributed by atoms with Crippen LogP contribution in [-0.4, -0.2) is 20.2 Å². The molecule has 0 saturated carbocycles. The van der Waals surface area contributed by atoms with Crippen molar-refractivity contribution in [3.8, 4) is 6.07 Å². The summed E-state index contributed by atoms with van der Waals surface area (Å²) < 4.78 is 7.43. The summed E-state index contributed by atoms with van der Waals surface area (Å²) in [6.07, 6.45) is 6.23. The zero-order valence-electron chi connectivity index (χ0n) is 14.0. The van der Waals surface area contributed by atoms with Gasteiger partial charge in [-0.2, -0.15) is 5.26 Å². The van der Waals surface area contributed by atoms with E-state index in [0.717, 1.165) is 0 Å². The van der Waals surface area contributed by atoms with Gasteiger partial charge in [0.05, 0.1) is 11.6 Å². The molecule has 0 aromatic carbocycles. The molecule has 0 fully saturated rings. The molecule has 0 amide bonds. The summed E-state index contributed by atoms with van der Waals surface area (Å²) in [5.74, 6) is 0.459. The van der Waals surface area contributed by atoms with E-state index in [1.54, 1.807) is 22.9 Å². The van der Waals surface area contributed by atoms with E-state index in [1.165, 1.54) is 0 Å². The number of aromatic nitrogens is 3. The number of nitrogens with two attached hydrogens (primary N) is 1. The van der Waals surface area contributed by atoms with Gasteiger partial charge < -0.3 is 10.5 Å². The molecule has 0 spiro atoms. The van der Waals surface area contributed by atoms with Crippen molar-refractivity contribution in [2.75, 3.05) is 0 Å². The Morgan fingerprint density at radius 1 is 1.44 bits per heavy atom. The average molecular weight is 335 g/mol. The summed E-state index contributed by atoms with van der Waals surface area (Å²) >= 11 is 0. The van der Waals surface area contributed by atoms with Crippen molar-refractivity contribution in [3.05, 3.63) is 53.1 Å². The van der Waals surface area contributed by atoms with Crippen LogP contribution in [0.25, 0.3) is 5.78 Å². The number of nitrogens with zero attached hydrogens (tertiary/aromatic N) is 4. The highest BCUT2D eigenvalue weighted by Gasteiger charge is 2.43. The Balaban J connectivity index is 1.92. The summed E-state index contributed by atoms with van der Waals surface area (Å²) in [6, 6.07) is 3.88. The van der Waals surface area contributed by atoms with Crippen LogP contribution in [0.2, 0.25) is 0 Å². The second kappa shape index (κ2) is 5.18. The fraction of sp³-hybridized carbons (Fsp3) is 0.333. The molecule has 3 heterocycles. The molecule has 0 saturated heterocycles. The molecule has 1 aliphatic heterocycles. The molecule has 2 aromatic heterocycles. The number of fused-ring (bicyclic) bond motifs is 1. The third-order valence-electron chi connectivity index (χ3n) is 4.63. The van der Waals surface area contributed by atoms with Gasteiger partial charge in [0, 0.05) is 37.0 Å². The highest BCUT2D eigenvalue weighted by atomic mass is 16.5. The van der Waals surface area contributed by atoms with Crippen LogP contribution in [0.4, 0.5) is 0 Å². The minimum atomic E-state index is -0.612. The highest BCUT2D eigenvalue weighted by molar-refractivity contribution is 5.99. The maximum Gasteiger partial charge on any atom is 0.233 e. The minimum absolute atomic E-state index is 0.0264. The first-order valence-corrected chi connectivity index (χ1v) is 8.03. The molecule has 2 aromatic rings. The molecule has 7 heteroatoms. The molecule has 2 N–H and O–H groups in total. The van der Waals surface area contributed by atoms with Gasteiger partial charge in [-0.25, -0.2) is 9.97 Å². The predicted octanol–water partition coefficient (Wildman–Crippen LogP) is 2.18. The quantitative estimate of drug-likeness (QED) is 0.856. The van der Waals surface area contributed by atoms with Gasteiger partial charge in [-0.15, -0.1) is 0 Å². The van der Waals surface area contributed by atoms with Crippen molar-refractivity contribution in [1.82, 2.24) is 14.4 Å². The Kier molecular flexibility index (Phi) is 3.19. The van der Waals surface area contributed by atoms with Crippen molar-refractivity contribution in [3.63, 3.8) is 0 Å². The van der Waals surface area contributed by atoms with Crippen LogP contribution in [0.3, 0.4) is 0 Å². The van der Waals surface area contributed by atoms with Crippen LogP contribution in [0.1, 0.15) is 38.3 Å². The predicted molar refractivity (Wildman–Crippen MR) is 88.7 cm³/mol. The number of Topliss-reactive ketones (excluding diaryl/α,β-unsaturated/α-hetero) is 1. The SMILES string of the molecule is CC1(C)CC(=O)C2=C(C1)OC(N)=C(C#N)C2c1cn2cccnc2n1. The number of rotatable bonds is 1. The van der Waals surface area contributed by atoms with Gasteiger partial charge in [-0.05, 0) is 11.5 Å². The maximum absolute atomic E-state index is 12.9. The number of nitriles is 1. The third kappa shape index (κ3) is 2.38. The molecule has 1 atom stereocenters. The largest absolute Gasteiger partial charge is 0.444 e. The molecular formula is C18H17N5O2. The van der Waals surface area contributed by atoms with Crippen molar-refractivity contribution in [2.24, 2.45) is 11.1 Å². The number of imidazole rings is 1. The van der Waals surface area contributed by atoms with Gasteiger partial charge in [0.25, 0.3) is 0 Å². The van der Waals surface area contributed by atoms with E-state index in [9.17, 15) is 10.1 Å². The molecule has 1 unspecified atom stereocenters. The Morgan fingerprint density at radius 2 is 2.24 bits per heavy atom. The van der Waals surface area contributed by atoms with E-state index in [1.807, 2.05) is 20.0 Å². The smallest absolute Gasteiger partial charge is 0.233 e. The number of ketones is 1. The zero-order chi connectivity index (χ0) is 17.8. The van der Waals surface area contributed by atoms with Crippen molar-refractivity contribution in [2.45, 2.75) is 32.6 Å². The van der Waals surface area contributed by atoms with Crippen LogP contribution in [0.15, 0.2) is 47.4 Å². The summed E-state index contributed by atoms with van der Waals surface area (Å²) in [5.41, 5.74) is 7.07. The Bertz CT molecular complexity index is 973. The fourth-order valence-corrected chi connectivity index (χ4v) is 3.57. The number of hydrogen-bond acceptors (Lipinski definition) is 6. The van der Waals surface area contributed by atoms with Crippen molar-refractivity contribution in [1.29, 1.82) is 5.26 Å². The van der Waals surface area contributed by atoms with Crippen molar-refractivity contribution < 1.29 is 9.53 Å². The summed E-state index contributed by atoms with van der Waals surface area (Å²) in [4.78, 5) is 21.6. The summed E-state index contributed by atoms with van der Waals surface area (Å²) in [6.45, 7) is 4.03. The molecule has 0 radical (unpaired) electrons. The minimum Gasteiger partial charge on any atom is -0.444 e. The van der Waals surface area contributed by atoms with Gasteiger partial charge in [-0.3, -0.25) is 9.20 Å². The van der Waals surface area contributed by atoms with Crippen LogP contribution < -0.4 is 5.73 Å². The van der Waals surface area contributed by atoms with Crippen LogP contribution in [0.5, 0.6) is 0 Å². The molecule has 2 aliphatic rings. The molecule has 4 rings (SSSR count). The summed E-state index contributed by atoms with van der Waals surface area (Å²) in [7, 11) is 0. The van der Waals surface area contributed by atoms with E-state index >= 15 is 0 Å². The van der Waals surface area contributed by atoms with Crippen molar-refractivity contribution >= 4 is 11.6 Å².